The molecule has 1 aromatic carbocycles. The molecule has 0 fully saturated rings. The van der Waals surface area contributed by atoms with E-state index in [2.05, 4.69) is 10.3 Å². The third-order valence-corrected chi connectivity index (χ3v) is 3.44. The van der Waals surface area contributed by atoms with Gasteiger partial charge in [0.25, 0.3) is 11.5 Å². The van der Waals surface area contributed by atoms with Gasteiger partial charge >= 0.3 is 0 Å². The highest BCUT2D eigenvalue weighted by Crippen LogP contribution is 2.17. The zero-order valence-corrected chi connectivity index (χ0v) is 13.3. The van der Waals surface area contributed by atoms with Crippen molar-refractivity contribution in [2.24, 2.45) is 0 Å². The summed E-state index contributed by atoms with van der Waals surface area (Å²) < 4.78 is 18.8. The molecule has 2 N–H and O–H groups in total. The van der Waals surface area contributed by atoms with Crippen LogP contribution in [0.1, 0.15) is 23.7 Å². The van der Waals surface area contributed by atoms with E-state index < -0.39 is 17.8 Å². The second-order valence-electron chi connectivity index (χ2n) is 5.35. The first-order valence-corrected chi connectivity index (χ1v) is 7.26. The van der Waals surface area contributed by atoms with Gasteiger partial charge in [-0.3, -0.25) is 9.59 Å². The molecule has 0 unspecified atom stereocenters. The SMILES string of the molecule is Cc1cc(C)c(CNC(=O)[C@H](C)Oc2ccccc2F)c(=O)[nH]1. The van der Waals surface area contributed by atoms with E-state index in [0.717, 1.165) is 11.3 Å². The number of carbonyl (C=O) groups is 1. The summed E-state index contributed by atoms with van der Waals surface area (Å²) in [7, 11) is 0. The molecular weight excluding hydrogens is 299 g/mol. The van der Waals surface area contributed by atoms with Crippen molar-refractivity contribution in [3.63, 3.8) is 0 Å². The molecule has 0 spiro atoms. The molecule has 0 saturated heterocycles. The fourth-order valence-corrected chi connectivity index (χ4v) is 2.20. The first-order chi connectivity index (χ1) is 10.9. The van der Waals surface area contributed by atoms with Gasteiger partial charge in [-0.1, -0.05) is 12.1 Å². The van der Waals surface area contributed by atoms with Crippen molar-refractivity contribution in [3.8, 4) is 5.75 Å². The van der Waals surface area contributed by atoms with Crippen molar-refractivity contribution in [3.05, 3.63) is 63.3 Å². The predicted octanol–water partition coefficient (Wildman–Crippen LogP) is 2.21. The van der Waals surface area contributed by atoms with Crippen LogP contribution in [-0.4, -0.2) is 17.0 Å². The monoisotopic (exact) mass is 318 g/mol. The number of amides is 1. The molecule has 1 heterocycles. The second kappa shape index (κ2) is 7.09. The van der Waals surface area contributed by atoms with Gasteiger partial charge < -0.3 is 15.0 Å². The number of aromatic amines is 1. The number of pyridine rings is 1. The van der Waals surface area contributed by atoms with Gasteiger partial charge in [-0.15, -0.1) is 0 Å². The summed E-state index contributed by atoms with van der Waals surface area (Å²) in [5.74, 6) is -0.940. The number of para-hydroxylation sites is 1. The number of aryl methyl sites for hydroxylation is 2. The number of H-pyrrole nitrogens is 1. The number of carbonyl (C=O) groups excluding carboxylic acids is 1. The molecule has 1 amide bonds. The smallest absolute Gasteiger partial charge is 0.261 e. The maximum Gasteiger partial charge on any atom is 0.261 e. The summed E-state index contributed by atoms with van der Waals surface area (Å²) in [5.41, 5.74) is 1.82. The lowest BCUT2D eigenvalue weighted by Gasteiger charge is -2.15. The van der Waals surface area contributed by atoms with Crippen LogP contribution < -0.4 is 15.6 Å². The number of rotatable bonds is 5. The molecule has 6 heteroatoms. The Kier molecular flexibility index (Phi) is 5.16. The van der Waals surface area contributed by atoms with Gasteiger partial charge in [-0.25, -0.2) is 4.39 Å². The Bertz CT molecular complexity index is 771. The maximum absolute atomic E-state index is 13.5. The van der Waals surface area contributed by atoms with Gasteiger partial charge in [0.05, 0.1) is 0 Å². The number of hydrogen-bond acceptors (Lipinski definition) is 3. The Morgan fingerprint density at radius 2 is 2.04 bits per heavy atom. The number of aromatic nitrogens is 1. The van der Waals surface area contributed by atoms with Crippen molar-refractivity contribution in [2.75, 3.05) is 0 Å². The van der Waals surface area contributed by atoms with Crippen LogP contribution in [0.5, 0.6) is 5.75 Å². The number of ether oxygens (including phenoxy) is 1. The van der Waals surface area contributed by atoms with Crippen LogP contribution in [0.25, 0.3) is 0 Å². The molecule has 0 saturated carbocycles. The second-order valence-corrected chi connectivity index (χ2v) is 5.35. The maximum atomic E-state index is 13.5. The van der Waals surface area contributed by atoms with E-state index in [9.17, 15) is 14.0 Å². The van der Waals surface area contributed by atoms with Gasteiger partial charge in [-0.05, 0) is 44.5 Å². The number of nitrogens with one attached hydrogen (secondary N) is 2. The average Bonchev–Trinajstić information content (AvgIpc) is 2.48. The number of benzene rings is 1. The summed E-state index contributed by atoms with van der Waals surface area (Å²) >= 11 is 0. The van der Waals surface area contributed by atoms with Gasteiger partial charge in [0.15, 0.2) is 17.7 Å². The van der Waals surface area contributed by atoms with Gasteiger partial charge in [-0.2, -0.15) is 0 Å². The van der Waals surface area contributed by atoms with Crippen molar-refractivity contribution >= 4 is 5.91 Å². The summed E-state index contributed by atoms with van der Waals surface area (Å²) in [4.78, 5) is 26.6. The molecule has 0 aliphatic carbocycles. The largest absolute Gasteiger partial charge is 0.478 e. The minimum Gasteiger partial charge on any atom is -0.478 e. The molecule has 0 aliphatic rings. The Balaban J connectivity index is 2.00. The van der Waals surface area contributed by atoms with E-state index in [-0.39, 0.29) is 17.9 Å². The first kappa shape index (κ1) is 16.7. The van der Waals surface area contributed by atoms with Gasteiger partial charge in [0, 0.05) is 17.8 Å². The van der Waals surface area contributed by atoms with Crippen LogP contribution in [0.15, 0.2) is 35.1 Å². The minimum absolute atomic E-state index is 0.0134. The Morgan fingerprint density at radius 3 is 2.70 bits per heavy atom. The minimum atomic E-state index is -0.878. The summed E-state index contributed by atoms with van der Waals surface area (Å²) in [5, 5.41) is 2.63. The molecule has 1 atom stereocenters. The van der Waals surface area contributed by atoms with Crippen LogP contribution in [0, 0.1) is 19.7 Å². The molecule has 122 valence electrons. The molecule has 0 bridgehead atoms. The number of hydrogen-bond donors (Lipinski definition) is 2. The van der Waals surface area contributed by atoms with Crippen molar-refractivity contribution in [1.29, 1.82) is 0 Å². The van der Waals surface area contributed by atoms with E-state index >= 15 is 0 Å². The third kappa shape index (κ3) is 4.18. The van der Waals surface area contributed by atoms with Crippen molar-refractivity contribution < 1.29 is 13.9 Å². The molecule has 23 heavy (non-hydrogen) atoms. The topological polar surface area (TPSA) is 71.2 Å². The molecule has 2 rings (SSSR count). The highest BCUT2D eigenvalue weighted by Gasteiger charge is 2.17. The van der Waals surface area contributed by atoms with E-state index in [1.165, 1.54) is 19.1 Å². The Morgan fingerprint density at radius 1 is 1.35 bits per heavy atom. The molecule has 0 aliphatic heterocycles. The lowest BCUT2D eigenvalue weighted by Crippen LogP contribution is -2.37. The lowest BCUT2D eigenvalue weighted by atomic mass is 10.1. The molecule has 2 aromatic rings. The van der Waals surface area contributed by atoms with Gasteiger partial charge in [0.2, 0.25) is 0 Å². The van der Waals surface area contributed by atoms with E-state index in [1.807, 2.05) is 13.0 Å². The number of halogens is 1. The van der Waals surface area contributed by atoms with Crippen LogP contribution in [0.3, 0.4) is 0 Å². The zero-order chi connectivity index (χ0) is 17.0. The fourth-order valence-electron chi connectivity index (χ4n) is 2.20. The normalized spacial score (nSPS) is 11.8. The Labute approximate surface area is 133 Å². The van der Waals surface area contributed by atoms with Crippen LogP contribution in [0.4, 0.5) is 4.39 Å². The average molecular weight is 318 g/mol. The Hall–Kier alpha value is -2.63. The van der Waals surface area contributed by atoms with Crippen LogP contribution in [0.2, 0.25) is 0 Å². The predicted molar refractivity (Wildman–Crippen MR) is 84.9 cm³/mol. The molecule has 5 nitrogen and oxygen atoms in total. The highest BCUT2D eigenvalue weighted by molar-refractivity contribution is 5.80. The quantitative estimate of drug-likeness (QED) is 0.888. The molecule has 1 aromatic heterocycles. The van der Waals surface area contributed by atoms with Crippen molar-refractivity contribution in [1.82, 2.24) is 10.3 Å². The highest BCUT2D eigenvalue weighted by atomic mass is 19.1. The van der Waals surface area contributed by atoms with E-state index in [4.69, 9.17) is 4.74 Å². The molecular formula is C17H19FN2O3. The van der Waals surface area contributed by atoms with Crippen LogP contribution >= 0.6 is 0 Å². The summed E-state index contributed by atoms with van der Waals surface area (Å²) in [6, 6.07) is 7.71. The van der Waals surface area contributed by atoms with Crippen molar-refractivity contribution in [2.45, 2.75) is 33.4 Å². The summed E-state index contributed by atoms with van der Waals surface area (Å²) in [6.07, 6.45) is -0.878. The standard InChI is InChI=1S/C17H19FN2O3/c1-10-8-11(2)20-17(22)13(10)9-19-16(21)12(3)23-15-7-5-4-6-14(15)18/h4-8,12H,9H2,1-3H3,(H,19,21)(H,20,22)/t12-/m0/s1. The summed E-state index contributed by atoms with van der Waals surface area (Å²) in [6.45, 7) is 5.21. The third-order valence-electron chi connectivity index (χ3n) is 3.44. The fraction of sp³-hybridized carbons (Fsp3) is 0.294. The zero-order valence-electron chi connectivity index (χ0n) is 13.3. The van der Waals surface area contributed by atoms with E-state index in [0.29, 0.717) is 5.56 Å². The first-order valence-electron chi connectivity index (χ1n) is 7.26. The molecule has 0 radical (unpaired) electrons. The van der Waals surface area contributed by atoms with E-state index in [1.54, 1.807) is 19.1 Å². The lowest BCUT2D eigenvalue weighted by molar-refractivity contribution is -0.127. The van der Waals surface area contributed by atoms with Crippen LogP contribution in [-0.2, 0) is 11.3 Å². The van der Waals surface area contributed by atoms with Gasteiger partial charge in [0.1, 0.15) is 0 Å².